The molecule has 2 rings (SSSR count). The van der Waals surface area contributed by atoms with Crippen molar-refractivity contribution in [2.75, 3.05) is 12.4 Å². The Morgan fingerprint density at radius 1 is 1.20 bits per heavy atom. The van der Waals surface area contributed by atoms with E-state index in [9.17, 15) is 5.11 Å². The summed E-state index contributed by atoms with van der Waals surface area (Å²) < 4.78 is 5.22. The lowest BCUT2D eigenvalue weighted by molar-refractivity contribution is 0.414. The second-order valence-electron chi connectivity index (χ2n) is 4.84. The average Bonchev–Trinajstić information content (AvgIpc) is 2.47. The zero-order chi connectivity index (χ0) is 14.5. The van der Waals surface area contributed by atoms with Crippen molar-refractivity contribution >= 4 is 5.69 Å². The van der Waals surface area contributed by atoms with Crippen molar-refractivity contribution in [2.45, 2.75) is 26.3 Å². The highest BCUT2D eigenvalue weighted by Gasteiger charge is 2.13. The number of rotatable bonds is 5. The van der Waals surface area contributed by atoms with Gasteiger partial charge in [0.05, 0.1) is 13.2 Å². The van der Waals surface area contributed by atoms with Crippen LogP contribution in [0.15, 0.2) is 42.5 Å². The first-order valence-electron chi connectivity index (χ1n) is 6.84. The highest BCUT2D eigenvalue weighted by atomic mass is 16.5. The summed E-state index contributed by atoms with van der Waals surface area (Å²) in [6.07, 6.45) is 0.892. The molecule has 2 aromatic rings. The number of phenols is 1. The van der Waals surface area contributed by atoms with E-state index in [1.807, 2.05) is 43.3 Å². The van der Waals surface area contributed by atoms with Crippen LogP contribution in [0.1, 0.15) is 30.5 Å². The van der Waals surface area contributed by atoms with E-state index < -0.39 is 0 Å². The van der Waals surface area contributed by atoms with E-state index in [-0.39, 0.29) is 6.04 Å². The van der Waals surface area contributed by atoms with Crippen molar-refractivity contribution in [3.8, 4) is 11.5 Å². The fourth-order valence-electron chi connectivity index (χ4n) is 2.29. The zero-order valence-electron chi connectivity index (χ0n) is 12.2. The standard InChI is InChI=1S/C17H21NO2/c1-4-15(14-7-5-6-8-17(14)19)18-16-10-9-13(20-3)11-12(16)2/h5-11,15,18-19H,4H2,1-3H3. The summed E-state index contributed by atoms with van der Waals surface area (Å²) in [5, 5.41) is 13.5. The molecular formula is C17H21NO2. The molecule has 2 aromatic carbocycles. The van der Waals surface area contributed by atoms with Crippen molar-refractivity contribution in [2.24, 2.45) is 0 Å². The van der Waals surface area contributed by atoms with Crippen LogP contribution >= 0.6 is 0 Å². The van der Waals surface area contributed by atoms with Gasteiger partial charge in [0.15, 0.2) is 0 Å². The van der Waals surface area contributed by atoms with Gasteiger partial charge in [0, 0.05) is 11.3 Å². The van der Waals surface area contributed by atoms with Crippen molar-refractivity contribution in [3.63, 3.8) is 0 Å². The number of aromatic hydroxyl groups is 1. The van der Waals surface area contributed by atoms with Crippen molar-refractivity contribution in [1.82, 2.24) is 0 Å². The summed E-state index contributed by atoms with van der Waals surface area (Å²) in [4.78, 5) is 0. The van der Waals surface area contributed by atoms with Crippen molar-refractivity contribution in [3.05, 3.63) is 53.6 Å². The van der Waals surface area contributed by atoms with Gasteiger partial charge in [0.2, 0.25) is 0 Å². The fourth-order valence-corrected chi connectivity index (χ4v) is 2.29. The van der Waals surface area contributed by atoms with Crippen LogP contribution in [0.5, 0.6) is 11.5 Å². The Labute approximate surface area is 120 Å². The minimum absolute atomic E-state index is 0.0864. The van der Waals surface area contributed by atoms with Gasteiger partial charge in [-0.3, -0.25) is 0 Å². The number of ether oxygens (including phenoxy) is 1. The summed E-state index contributed by atoms with van der Waals surface area (Å²) in [6, 6.07) is 13.5. The molecule has 20 heavy (non-hydrogen) atoms. The van der Waals surface area contributed by atoms with Crippen LogP contribution in [0.4, 0.5) is 5.69 Å². The molecule has 0 saturated carbocycles. The highest BCUT2D eigenvalue weighted by molar-refractivity contribution is 5.55. The van der Waals surface area contributed by atoms with Gasteiger partial charge in [-0.1, -0.05) is 25.1 Å². The second-order valence-corrected chi connectivity index (χ2v) is 4.84. The molecule has 0 aliphatic rings. The van der Waals surface area contributed by atoms with Gasteiger partial charge in [-0.15, -0.1) is 0 Å². The van der Waals surface area contributed by atoms with Crippen LogP contribution in [0.3, 0.4) is 0 Å². The number of nitrogens with one attached hydrogen (secondary N) is 1. The molecule has 0 saturated heterocycles. The van der Waals surface area contributed by atoms with Gasteiger partial charge < -0.3 is 15.2 Å². The molecular weight excluding hydrogens is 250 g/mol. The maximum Gasteiger partial charge on any atom is 0.120 e. The van der Waals surface area contributed by atoms with Gasteiger partial charge >= 0.3 is 0 Å². The van der Waals surface area contributed by atoms with E-state index in [4.69, 9.17) is 4.74 Å². The van der Waals surface area contributed by atoms with Gasteiger partial charge in [-0.2, -0.15) is 0 Å². The van der Waals surface area contributed by atoms with E-state index in [2.05, 4.69) is 12.2 Å². The Morgan fingerprint density at radius 3 is 2.55 bits per heavy atom. The third-order valence-corrected chi connectivity index (χ3v) is 3.48. The summed E-state index contributed by atoms with van der Waals surface area (Å²) in [6.45, 7) is 4.14. The van der Waals surface area contributed by atoms with Crippen LogP contribution in [-0.2, 0) is 0 Å². The van der Waals surface area contributed by atoms with E-state index in [0.717, 1.165) is 29.0 Å². The third kappa shape index (κ3) is 3.05. The minimum Gasteiger partial charge on any atom is -0.508 e. The molecule has 0 bridgehead atoms. The molecule has 0 aromatic heterocycles. The molecule has 0 fully saturated rings. The van der Waals surface area contributed by atoms with E-state index in [1.165, 1.54) is 0 Å². The summed E-state index contributed by atoms with van der Waals surface area (Å²) >= 11 is 0. The van der Waals surface area contributed by atoms with Crippen molar-refractivity contribution in [1.29, 1.82) is 0 Å². The molecule has 106 valence electrons. The van der Waals surface area contributed by atoms with Crippen LogP contribution in [0, 0.1) is 6.92 Å². The maximum atomic E-state index is 9.98. The smallest absolute Gasteiger partial charge is 0.120 e. The molecule has 1 unspecified atom stereocenters. The number of para-hydroxylation sites is 1. The molecule has 3 nitrogen and oxygen atoms in total. The molecule has 0 spiro atoms. The average molecular weight is 271 g/mol. The van der Waals surface area contributed by atoms with Crippen LogP contribution < -0.4 is 10.1 Å². The maximum absolute atomic E-state index is 9.98. The van der Waals surface area contributed by atoms with Gasteiger partial charge in [0.1, 0.15) is 11.5 Å². The normalized spacial score (nSPS) is 11.9. The van der Waals surface area contributed by atoms with E-state index in [1.54, 1.807) is 13.2 Å². The quantitative estimate of drug-likeness (QED) is 0.853. The van der Waals surface area contributed by atoms with Crippen LogP contribution in [0.2, 0.25) is 0 Å². The number of hydrogen-bond donors (Lipinski definition) is 2. The summed E-state index contributed by atoms with van der Waals surface area (Å²) in [7, 11) is 1.67. The largest absolute Gasteiger partial charge is 0.508 e. The number of phenolic OH excluding ortho intramolecular Hbond substituents is 1. The minimum atomic E-state index is 0.0864. The lowest BCUT2D eigenvalue weighted by Crippen LogP contribution is -2.10. The summed E-state index contributed by atoms with van der Waals surface area (Å²) in [5.74, 6) is 1.18. The van der Waals surface area contributed by atoms with Gasteiger partial charge in [-0.05, 0) is 43.2 Å². The number of methoxy groups -OCH3 is 1. The Hall–Kier alpha value is -2.16. The first kappa shape index (κ1) is 14.3. The molecule has 0 radical (unpaired) electrons. The number of aryl methyl sites for hydroxylation is 1. The number of benzene rings is 2. The number of anilines is 1. The molecule has 0 aliphatic heterocycles. The predicted molar refractivity (Wildman–Crippen MR) is 82.5 cm³/mol. The van der Waals surface area contributed by atoms with Crippen LogP contribution in [-0.4, -0.2) is 12.2 Å². The van der Waals surface area contributed by atoms with E-state index >= 15 is 0 Å². The molecule has 0 heterocycles. The Bertz CT molecular complexity index is 581. The monoisotopic (exact) mass is 271 g/mol. The lowest BCUT2D eigenvalue weighted by atomic mass is 10.0. The Balaban J connectivity index is 2.25. The molecule has 2 N–H and O–H groups in total. The topological polar surface area (TPSA) is 41.5 Å². The molecule has 0 amide bonds. The third-order valence-electron chi connectivity index (χ3n) is 3.48. The van der Waals surface area contributed by atoms with Crippen LogP contribution in [0.25, 0.3) is 0 Å². The zero-order valence-corrected chi connectivity index (χ0v) is 12.2. The predicted octanol–water partition coefficient (Wildman–Crippen LogP) is 4.27. The molecule has 3 heteroatoms. The van der Waals surface area contributed by atoms with Crippen molar-refractivity contribution < 1.29 is 9.84 Å². The SMILES string of the molecule is CCC(Nc1ccc(OC)cc1C)c1ccccc1O. The molecule has 1 atom stereocenters. The van der Waals surface area contributed by atoms with Gasteiger partial charge in [-0.25, -0.2) is 0 Å². The Morgan fingerprint density at radius 2 is 1.95 bits per heavy atom. The van der Waals surface area contributed by atoms with Gasteiger partial charge in [0.25, 0.3) is 0 Å². The van der Waals surface area contributed by atoms with E-state index in [0.29, 0.717) is 5.75 Å². The first-order chi connectivity index (χ1) is 9.65. The second kappa shape index (κ2) is 6.33. The number of hydrogen-bond acceptors (Lipinski definition) is 3. The highest BCUT2D eigenvalue weighted by Crippen LogP contribution is 2.31. The first-order valence-corrected chi connectivity index (χ1v) is 6.84. The molecule has 0 aliphatic carbocycles. The lowest BCUT2D eigenvalue weighted by Gasteiger charge is -2.21. The Kier molecular flexibility index (Phi) is 4.51. The fraction of sp³-hybridized carbons (Fsp3) is 0.294. The summed E-state index contributed by atoms with van der Waals surface area (Å²) in [5.41, 5.74) is 3.10.